The van der Waals surface area contributed by atoms with Crippen LogP contribution in [0.4, 0.5) is 0 Å². The van der Waals surface area contributed by atoms with Gasteiger partial charge in [-0.05, 0) is 66.9 Å². The van der Waals surface area contributed by atoms with Crippen molar-refractivity contribution in [3.05, 3.63) is 65.9 Å². The molecule has 7 heteroatoms. The lowest BCUT2D eigenvalue weighted by molar-refractivity contribution is -0.686. The third-order valence-electron chi connectivity index (χ3n) is 7.14. The van der Waals surface area contributed by atoms with Gasteiger partial charge in [-0.3, -0.25) is 0 Å². The van der Waals surface area contributed by atoms with Gasteiger partial charge in [0.1, 0.15) is 11.5 Å². The second-order valence-electron chi connectivity index (χ2n) is 9.15. The normalized spacial score (nSPS) is 13.2. The number of ether oxygens (including phenoxy) is 6. The fraction of sp³-hybridized carbons (Fsp3) is 0.300. The van der Waals surface area contributed by atoms with Crippen molar-refractivity contribution in [2.24, 2.45) is 0 Å². The van der Waals surface area contributed by atoms with Crippen molar-refractivity contribution in [3.63, 3.8) is 0 Å². The molecule has 0 amide bonds. The zero-order valence-corrected chi connectivity index (χ0v) is 21.3. The van der Waals surface area contributed by atoms with E-state index in [1.807, 2.05) is 30.3 Å². The highest BCUT2D eigenvalue weighted by Crippen LogP contribution is 2.43. The van der Waals surface area contributed by atoms with Crippen LogP contribution in [0.2, 0.25) is 0 Å². The van der Waals surface area contributed by atoms with Crippen LogP contribution in [0.3, 0.4) is 0 Å². The van der Waals surface area contributed by atoms with Crippen molar-refractivity contribution in [2.45, 2.75) is 25.8 Å². The minimum absolute atomic E-state index is 0.266. The summed E-state index contributed by atoms with van der Waals surface area (Å²) in [5.41, 5.74) is 4.94. The van der Waals surface area contributed by atoms with Crippen molar-refractivity contribution < 1.29 is 33.0 Å². The number of nitrogens with zero attached hydrogens (tertiary/aromatic N) is 1. The predicted octanol–water partition coefficient (Wildman–Crippen LogP) is 5.12. The molecule has 0 N–H and O–H groups in total. The summed E-state index contributed by atoms with van der Waals surface area (Å²) in [6, 6.07) is 16.1. The first-order valence-corrected chi connectivity index (χ1v) is 12.5. The number of rotatable bonds is 8. The molecule has 3 heterocycles. The van der Waals surface area contributed by atoms with Crippen LogP contribution in [0.1, 0.15) is 17.5 Å². The smallest absolute Gasteiger partial charge is 0.231 e. The first-order chi connectivity index (χ1) is 18.2. The van der Waals surface area contributed by atoms with Crippen molar-refractivity contribution in [3.8, 4) is 45.8 Å². The number of methoxy groups -OCH3 is 3. The average molecular weight is 501 g/mol. The third-order valence-corrected chi connectivity index (χ3v) is 7.14. The standard InChI is InChI=1S/C30H30NO6/c1-32-20-6-8-21(9-7-20)35-14-4-5-23-22-10-11-26(33-2)30(34-3)25(22)17-31-13-12-19-15-27-28(37-18-36-27)16-24(19)29(23)31/h6-11,15-17H,4-5,12-14,18H2,1-3H3/q+1. The summed E-state index contributed by atoms with van der Waals surface area (Å²) in [5, 5.41) is 2.19. The van der Waals surface area contributed by atoms with E-state index in [0.717, 1.165) is 71.1 Å². The maximum atomic E-state index is 6.05. The van der Waals surface area contributed by atoms with E-state index in [1.54, 1.807) is 21.3 Å². The Balaban J connectivity index is 1.40. The van der Waals surface area contributed by atoms with E-state index in [4.69, 9.17) is 28.4 Å². The molecule has 0 spiro atoms. The molecule has 37 heavy (non-hydrogen) atoms. The lowest BCUT2D eigenvalue weighted by Gasteiger charge is -2.21. The molecule has 0 fully saturated rings. The lowest BCUT2D eigenvalue weighted by atomic mass is 9.89. The fourth-order valence-corrected chi connectivity index (χ4v) is 5.37. The van der Waals surface area contributed by atoms with Crippen LogP contribution in [0.5, 0.6) is 34.5 Å². The lowest BCUT2D eigenvalue weighted by Crippen LogP contribution is -2.41. The van der Waals surface area contributed by atoms with Gasteiger partial charge in [-0.25, -0.2) is 0 Å². The second-order valence-corrected chi connectivity index (χ2v) is 9.15. The minimum atomic E-state index is 0.266. The number of aromatic nitrogens is 1. The Morgan fingerprint density at radius 2 is 1.62 bits per heavy atom. The van der Waals surface area contributed by atoms with Crippen LogP contribution in [0.15, 0.2) is 54.7 Å². The van der Waals surface area contributed by atoms with Crippen LogP contribution in [0, 0.1) is 0 Å². The summed E-state index contributed by atoms with van der Waals surface area (Å²) in [5.74, 6) is 4.75. The summed E-state index contributed by atoms with van der Waals surface area (Å²) in [4.78, 5) is 0. The molecule has 2 aliphatic rings. The van der Waals surface area contributed by atoms with Gasteiger partial charge in [0, 0.05) is 17.4 Å². The molecule has 0 atom stereocenters. The molecule has 2 aliphatic heterocycles. The predicted molar refractivity (Wildman–Crippen MR) is 139 cm³/mol. The van der Waals surface area contributed by atoms with Gasteiger partial charge in [-0.2, -0.15) is 4.57 Å². The molecule has 0 bridgehead atoms. The quantitative estimate of drug-likeness (QED) is 0.247. The van der Waals surface area contributed by atoms with Crippen LogP contribution in [-0.2, 0) is 19.4 Å². The molecule has 4 aromatic rings. The van der Waals surface area contributed by atoms with Gasteiger partial charge in [-0.15, -0.1) is 0 Å². The second kappa shape index (κ2) is 9.73. The molecule has 0 unspecified atom stereocenters. The van der Waals surface area contributed by atoms with Crippen molar-refractivity contribution in [2.75, 3.05) is 34.7 Å². The number of benzene rings is 3. The maximum Gasteiger partial charge on any atom is 0.231 e. The Bertz CT molecular complexity index is 1460. The minimum Gasteiger partial charge on any atom is -0.497 e. The van der Waals surface area contributed by atoms with E-state index in [2.05, 4.69) is 29.0 Å². The van der Waals surface area contributed by atoms with E-state index in [1.165, 1.54) is 22.4 Å². The molecule has 3 aromatic carbocycles. The summed E-state index contributed by atoms with van der Waals surface area (Å²) < 4.78 is 36.5. The van der Waals surface area contributed by atoms with E-state index >= 15 is 0 Å². The molecule has 0 aliphatic carbocycles. The topological polar surface area (TPSA) is 59.3 Å². The van der Waals surface area contributed by atoms with Gasteiger partial charge in [0.2, 0.25) is 12.5 Å². The highest BCUT2D eigenvalue weighted by atomic mass is 16.7. The number of aryl methyl sites for hydroxylation is 3. The number of hydrogen-bond acceptors (Lipinski definition) is 6. The summed E-state index contributed by atoms with van der Waals surface area (Å²) in [7, 11) is 5.03. The van der Waals surface area contributed by atoms with Crippen LogP contribution in [-0.4, -0.2) is 34.7 Å². The monoisotopic (exact) mass is 500 g/mol. The van der Waals surface area contributed by atoms with Gasteiger partial charge in [0.25, 0.3) is 0 Å². The highest BCUT2D eigenvalue weighted by molar-refractivity contribution is 5.95. The molecule has 0 radical (unpaired) electrons. The molecular weight excluding hydrogens is 470 g/mol. The average Bonchev–Trinajstić information content (AvgIpc) is 3.40. The third kappa shape index (κ3) is 4.14. The van der Waals surface area contributed by atoms with Gasteiger partial charge in [-0.1, -0.05) is 0 Å². The van der Waals surface area contributed by atoms with E-state index in [0.29, 0.717) is 6.61 Å². The summed E-state index contributed by atoms with van der Waals surface area (Å²) in [6.45, 7) is 1.74. The zero-order chi connectivity index (χ0) is 25.4. The van der Waals surface area contributed by atoms with Crippen molar-refractivity contribution in [1.29, 1.82) is 0 Å². The largest absolute Gasteiger partial charge is 0.497 e. The molecule has 0 saturated carbocycles. The Morgan fingerprint density at radius 3 is 2.38 bits per heavy atom. The molecule has 7 nitrogen and oxygen atoms in total. The molecular formula is C30H30NO6+. The van der Waals surface area contributed by atoms with Gasteiger partial charge >= 0.3 is 0 Å². The molecule has 190 valence electrons. The molecule has 1 aromatic heterocycles. The number of hydrogen-bond donors (Lipinski definition) is 0. The maximum absolute atomic E-state index is 6.05. The van der Waals surface area contributed by atoms with Crippen LogP contribution < -0.4 is 33.0 Å². The zero-order valence-electron chi connectivity index (χ0n) is 21.3. The Labute approximate surface area is 216 Å². The van der Waals surface area contributed by atoms with Gasteiger partial charge < -0.3 is 28.4 Å². The Hall–Kier alpha value is -4.13. The molecule has 6 rings (SSSR count). The van der Waals surface area contributed by atoms with E-state index in [9.17, 15) is 0 Å². The Kier molecular flexibility index (Phi) is 6.12. The van der Waals surface area contributed by atoms with Crippen molar-refractivity contribution >= 4 is 10.8 Å². The number of pyridine rings is 1. The highest BCUT2D eigenvalue weighted by Gasteiger charge is 2.32. The van der Waals surface area contributed by atoms with Crippen molar-refractivity contribution in [1.82, 2.24) is 0 Å². The van der Waals surface area contributed by atoms with Gasteiger partial charge in [0.05, 0.1) is 38.9 Å². The fourth-order valence-electron chi connectivity index (χ4n) is 5.37. The number of fused-ring (bicyclic) bond motifs is 5. The Morgan fingerprint density at radius 1 is 0.838 bits per heavy atom. The summed E-state index contributed by atoms with van der Waals surface area (Å²) in [6.07, 6.45) is 4.80. The van der Waals surface area contributed by atoms with Crippen LogP contribution >= 0.6 is 0 Å². The SMILES string of the molecule is COc1ccc(OCCCc2c3[n+](cc4c(OC)c(OC)ccc24)CCc2cc4c(cc2-3)OCO4)cc1. The first-order valence-electron chi connectivity index (χ1n) is 12.5. The first kappa shape index (κ1) is 23.3. The van der Waals surface area contributed by atoms with Crippen LogP contribution in [0.25, 0.3) is 22.0 Å². The van der Waals surface area contributed by atoms with Gasteiger partial charge in [0.15, 0.2) is 35.7 Å². The summed E-state index contributed by atoms with van der Waals surface area (Å²) >= 11 is 0. The van der Waals surface area contributed by atoms with E-state index < -0.39 is 0 Å². The van der Waals surface area contributed by atoms with E-state index in [-0.39, 0.29) is 6.79 Å². The molecule has 0 saturated heterocycles.